The molecule has 0 radical (unpaired) electrons. The first-order valence-electron chi connectivity index (χ1n) is 7.50. The molecule has 0 atom stereocenters. The van der Waals surface area contributed by atoms with Gasteiger partial charge in [0.05, 0.1) is 19.3 Å². The van der Waals surface area contributed by atoms with Gasteiger partial charge in [0.1, 0.15) is 5.75 Å². The van der Waals surface area contributed by atoms with Gasteiger partial charge in [-0.05, 0) is 31.0 Å². The summed E-state index contributed by atoms with van der Waals surface area (Å²) in [7, 11) is 1.39. The van der Waals surface area contributed by atoms with Gasteiger partial charge in [-0.15, -0.1) is 0 Å². The Balaban J connectivity index is 2.37. The summed E-state index contributed by atoms with van der Waals surface area (Å²) in [6, 6.07) is 5.42. The maximum Gasteiger partial charge on any atom is 0.337 e. The molecule has 112 valence electrons. The summed E-state index contributed by atoms with van der Waals surface area (Å²) >= 11 is 0. The van der Waals surface area contributed by atoms with Crippen molar-refractivity contribution in [3.05, 3.63) is 29.3 Å². The van der Waals surface area contributed by atoms with Crippen molar-refractivity contribution >= 4 is 5.97 Å². The van der Waals surface area contributed by atoms with Crippen molar-refractivity contribution < 1.29 is 14.3 Å². The van der Waals surface area contributed by atoms with Crippen molar-refractivity contribution in [2.75, 3.05) is 13.7 Å². The second kappa shape index (κ2) is 9.40. The van der Waals surface area contributed by atoms with Crippen molar-refractivity contribution in [3.63, 3.8) is 0 Å². The van der Waals surface area contributed by atoms with Crippen LogP contribution in [0.5, 0.6) is 5.75 Å². The molecule has 1 aromatic rings. The normalized spacial score (nSPS) is 10.3. The summed E-state index contributed by atoms with van der Waals surface area (Å²) in [5.41, 5.74) is 1.58. The van der Waals surface area contributed by atoms with Crippen LogP contribution in [0.25, 0.3) is 0 Å². The smallest absolute Gasteiger partial charge is 0.337 e. The first kappa shape index (κ1) is 16.5. The van der Waals surface area contributed by atoms with Gasteiger partial charge in [-0.25, -0.2) is 4.79 Å². The lowest BCUT2D eigenvalue weighted by atomic mass is 10.1. The predicted molar refractivity (Wildman–Crippen MR) is 81.4 cm³/mol. The molecule has 0 heterocycles. The molecule has 0 amide bonds. The quantitative estimate of drug-likeness (QED) is 0.492. The summed E-state index contributed by atoms with van der Waals surface area (Å²) in [6.45, 7) is 4.91. The van der Waals surface area contributed by atoms with Crippen LogP contribution in [0.2, 0.25) is 0 Å². The van der Waals surface area contributed by atoms with Gasteiger partial charge in [-0.3, -0.25) is 0 Å². The van der Waals surface area contributed by atoms with Crippen molar-refractivity contribution in [3.8, 4) is 5.75 Å². The molecule has 0 aliphatic carbocycles. The molecule has 1 rings (SSSR count). The maximum absolute atomic E-state index is 11.5. The molecule has 0 fully saturated rings. The Morgan fingerprint density at radius 1 is 1.10 bits per heavy atom. The van der Waals surface area contributed by atoms with Crippen LogP contribution >= 0.6 is 0 Å². The summed E-state index contributed by atoms with van der Waals surface area (Å²) in [4.78, 5) is 11.5. The topological polar surface area (TPSA) is 35.5 Å². The summed E-state index contributed by atoms with van der Waals surface area (Å²) in [6.07, 6.45) is 7.45. The number of ether oxygens (including phenoxy) is 2. The van der Waals surface area contributed by atoms with Crippen LogP contribution in [0.3, 0.4) is 0 Å². The van der Waals surface area contributed by atoms with E-state index in [1.165, 1.54) is 39.2 Å². The second-order valence-corrected chi connectivity index (χ2v) is 5.09. The Kier molecular flexibility index (Phi) is 7.78. The van der Waals surface area contributed by atoms with Gasteiger partial charge >= 0.3 is 5.97 Å². The highest BCUT2D eigenvalue weighted by Gasteiger charge is 2.08. The molecule has 0 aliphatic heterocycles. The zero-order valence-electron chi connectivity index (χ0n) is 12.9. The Morgan fingerprint density at radius 3 is 2.50 bits per heavy atom. The molecule has 3 nitrogen and oxygen atoms in total. The Hall–Kier alpha value is -1.51. The molecule has 0 saturated carbocycles. The molecular formula is C17H26O3. The molecule has 0 aliphatic rings. The summed E-state index contributed by atoms with van der Waals surface area (Å²) in [5.74, 6) is 0.455. The highest BCUT2D eigenvalue weighted by Crippen LogP contribution is 2.20. The number of carbonyl (C=O) groups is 1. The van der Waals surface area contributed by atoms with Gasteiger partial charge in [-0.2, -0.15) is 0 Å². The summed E-state index contributed by atoms with van der Waals surface area (Å²) < 4.78 is 10.5. The number of aryl methyl sites for hydroxylation is 1. The van der Waals surface area contributed by atoms with Crippen molar-refractivity contribution in [2.45, 2.75) is 52.4 Å². The molecule has 3 heteroatoms. The standard InChI is InChI=1S/C17H26O3/c1-4-5-6-7-8-9-12-20-16-13-15(17(18)19-3)11-10-14(16)2/h10-11,13H,4-9,12H2,1-3H3. The first-order valence-corrected chi connectivity index (χ1v) is 7.50. The molecular weight excluding hydrogens is 252 g/mol. The van der Waals surface area contributed by atoms with Gasteiger partial charge in [0, 0.05) is 0 Å². The Bertz CT molecular complexity index is 413. The number of carbonyl (C=O) groups excluding carboxylic acids is 1. The molecule has 0 unspecified atom stereocenters. The van der Waals surface area contributed by atoms with E-state index in [1.807, 2.05) is 13.0 Å². The zero-order valence-corrected chi connectivity index (χ0v) is 12.9. The number of methoxy groups -OCH3 is 1. The fourth-order valence-corrected chi connectivity index (χ4v) is 2.06. The second-order valence-electron chi connectivity index (χ2n) is 5.09. The van der Waals surface area contributed by atoms with E-state index in [1.54, 1.807) is 12.1 Å². The van der Waals surface area contributed by atoms with Crippen LogP contribution < -0.4 is 4.74 Å². The van der Waals surface area contributed by atoms with E-state index in [0.717, 1.165) is 17.7 Å². The number of hydrogen-bond donors (Lipinski definition) is 0. The predicted octanol–water partition coefficient (Wildman–Crippen LogP) is 4.52. The lowest BCUT2D eigenvalue weighted by Crippen LogP contribution is -2.04. The number of esters is 1. The highest BCUT2D eigenvalue weighted by atomic mass is 16.5. The van der Waals surface area contributed by atoms with Gasteiger partial charge in [-0.1, -0.05) is 45.1 Å². The van der Waals surface area contributed by atoms with Crippen LogP contribution in [0.1, 0.15) is 61.4 Å². The van der Waals surface area contributed by atoms with Gasteiger partial charge in [0.25, 0.3) is 0 Å². The minimum Gasteiger partial charge on any atom is -0.493 e. The van der Waals surface area contributed by atoms with Gasteiger partial charge in [0.2, 0.25) is 0 Å². The van der Waals surface area contributed by atoms with Crippen molar-refractivity contribution in [1.82, 2.24) is 0 Å². The van der Waals surface area contributed by atoms with Crippen LogP contribution in [-0.2, 0) is 4.74 Å². The van der Waals surface area contributed by atoms with Crippen LogP contribution in [0.4, 0.5) is 0 Å². The molecule has 0 N–H and O–H groups in total. The summed E-state index contributed by atoms with van der Waals surface area (Å²) in [5, 5.41) is 0. The third-order valence-corrected chi connectivity index (χ3v) is 3.36. The van der Waals surface area contributed by atoms with Crippen LogP contribution in [-0.4, -0.2) is 19.7 Å². The van der Waals surface area contributed by atoms with Gasteiger partial charge < -0.3 is 9.47 Å². The zero-order chi connectivity index (χ0) is 14.8. The van der Waals surface area contributed by atoms with Crippen LogP contribution in [0, 0.1) is 6.92 Å². The van der Waals surface area contributed by atoms with E-state index in [-0.39, 0.29) is 5.97 Å². The molecule has 0 bridgehead atoms. The lowest BCUT2D eigenvalue weighted by molar-refractivity contribution is 0.0600. The minimum atomic E-state index is -0.325. The van der Waals surface area contributed by atoms with Crippen LogP contribution in [0.15, 0.2) is 18.2 Å². The molecule has 1 aromatic carbocycles. The van der Waals surface area contributed by atoms with E-state index in [2.05, 4.69) is 6.92 Å². The maximum atomic E-state index is 11.5. The van der Waals surface area contributed by atoms with E-state index in [9.17, 15) is 4.79 Å². The van der Waals surface area contributed by atoms with E-state index >= 15 is 0 Å². The Labute approximate surface area is 122 Å². The third kappa shape index (κ3) is 5.64. The third-order valence-electron chi connectivity index (χ3n) is 3.36. The SMILES string of the molecule is CCCCCCCCOc1cc(C(=O)OC)ccc1C. The molecule has 0 aromatic heterocycles. The van der Waals surface area contributed by atoms with Crippen molar-refractivity contribution in [2.24, 2.45) is 0 Å². The Morgan fingerprint density at radius 2 is 1.80 bits per heavy atom. The fourth-order valence-electron chi connectivity index (χ4n) is 2.06. The highest BCUT2D eigenvalue weighted by molar-refractivity contribution is 5.89. The number of rotatable bonds is 9. The number of benzene rings is 1. The van der Waals surface area contributed by atoms with E-state index < -0.39 is 0 Å². The number of unbranched alkanes of at least 4 members (excludes halogenated alkanes) is 5. The van der Waals surface area contributed by atoms with Crippen molar-refractivity contribution in [1.29, 1.82) is 0 Å². The minimum absolute atomic E-state index is 0.325. The first-order chi connectivity index (χ1) is 9.69. The van der Waals surface area contributed by atoms with E-state index in [4.69, 9.17) is 9.47 Å². The largest absolute Gasteiger partial charge is 0.493 e. The lowest BCUT2D eigenvalue weighted by Gasteiger charge is -2.10. The van der Waals surface area contributed by atoms with E-state index in [0.29, 0.717) is 12.2 Å². The van der Waals surface area contributed by atoms with Gasteiger partial charge in [0.15, 0.2) is 0 Å². The molecule has 0 saturated heterocycles. The average Bonchev–Trinajstić information content (AvgIpc) is 2.47. The fraction of sp³-hybridized carbons (Fsp3) is 0.588. The number of hydrogen-bond acceptors (Lipinski definition) is 3. The molecule has 20 heavy (non-hydrogen) atoms. The monoisotopic (exact) mass is 278 g/mol. The average molecular weight is 278 g/mol. The molecule has 0 spiro atoms.